The molecule has 1 aromatic heterocycles. The van der Waals surface area contributed by atoms with Crippen LogP contribution in [0.25, 0.3) is 0 Å². The van der Waals surface area contributed by atoms with Crippen molar-refractivity contribution >= 4 is 17.2 Å². The largest absolute Gasteiger partial charge is 0.383 e. The quantitative estimate of drug-likeness (QED) is 0.755. The molecule has 0 aliphatic heterocycles. The van der Waals surface area contributed by atoms with E-state index in [4.69, 9.17) is 11.7 Å². The van der Waals surface area contributed by atoms with E-state index in [1.807, 2.05) is 0 Å². The first kappa shape index (κ1) is 11.2. The number of carbonyl (C=O) groups excluding carboxylic acids is 1. The Kier molecular flexibility index (Phi) is 4.10. The first-order valence-electron chi connectivity index (χ1n) is 4.23. The highest BCUT2D eigenvalue weighted by atomic mass is 32.1. The van der Waals surface area contributed by atoms with E-state index in [1.54, 1.807) is 30.5 Å². The Morgan fingerprint density at radius 1 is 1.71 bits per heavy atom. The number of thiophene rings is 1. The lowest BCUT2D eigenvalue weighted by Gasteiger charge is -2.15. The van der Waals surface area contributed by atoms with Crippen molar-refractivity contribution < 1.29 is 9.53 Å². The van der Waals surface area contributed by atoms with Gasteiger partial charge in [0.1, 0.15) is 0 Å². The molecule has 76 valence electrons. The van der Waals surface area contributed by atoms with Crippen LogP contribution < -0.4 is 0 Å². The summed E-state index contributed by atoms with van der Waals surface area (Å²) in [6.07, 6.45) is 0. The second-order valence-electron chi connectivity index (χ2n) is 2.96. The molecule has 2 radical (unpaired) electrons. The van der Waals surface area contributed by atoms with Crippen molar-refractivity contribution in [2.24, 2.45) is 0 Å². The number of hydrogen-bond donors (Lipinski definition) is 0. The zero-order valence-corrected chi connectivity index (χ0v) is 9.13. The molecule has 0 aliphatic carbocycles. The predicted molar refractivity (Wildman–Crippen MR) is 56.6 cm³/mol. The molecule has 3 nitrogen and oxygen atoms in total. The van der Waals surface area contributed by atoms with Gasteiger partial charge in [-0.25, -0.2) is 0 Å². The SMILES string of the molecule is [CH]c1csc(C(=O)N(C)CCOC)c1. The normalized spacial score (nSPS) is 10.2. The molecule has 1 rings (SSSR count). The van der Waals surface area contributed by atoms with Gasteiger partial charge in [-0.15, -0.1) is 11.3 Å². The molecule has 0 saturated carbocycles. The average Bonchev–Trinajstić information content (AvgIpc) is 2.60. The van der Waals surface area contributed by atoms with Gasteiger partial charge in [0.25, 0.3) is 5.91 Å². The minimum Gasteiger partial charge on any atom is -0.383 e. The highest BCUT2D eigenvalue weighted by Gasteiger charge is 2.12. The first-order valence-corrected chi connectivity index (χ1v) is 5.11. The number of methoxy groups -OCH3 is 1. The van der Waals surface area contributed by atoms with Crippen LogP contribution in [0.3, 0.4) is 0 Å². The number of hydrogen-bond acceptors (Lipinski definition) is 3. The molecule has 4 heteroatoms. The molecular formula is C10H13NO2S. The number of rotatable bonds is 4. The molecule has 0 atom stereocenters. The molecule has 14 heavy (non-hydrogen) atoms. The fraction of sp³-hybridized carbons (Fsp3) is 0.400. The Labute approximate surface area is 88.3 Å². The van der Waals surface area contributed by atoms with Crippen molar-refractivity contribution in [3.8, 4) is 0 Å². The molecule has 0 fully saturated rings. The molecule has 0 bridgehead atoms. The summed E-state index contributed by atoms with van der Waals surface area (Å²) in [6.45, 7) is 6.67. The fourth-order valence-electron chi connectivity index (χ4n) is 0.981. The van der Waals surface area contributed by atoms with Gasteiger partial charge in [0.15, 0.2) is 0 Å². The third-order valence-electron chi connectivity index (χ3n) is 1.81. The average molecular weight is 211 g/mol. The Hall–Kier alpha value is -0.870. The lowest BCUT2D eigenvalue weighted by molar-refractivity contribution is 0.0749. The molecule has 0 aliphatic rings. The van der Waals surface area contributed by atoms with Gasteiger partial charge in [0.05, 0.1) is 11.5 Å². The van der Waals surface area contributed by atoms with Crippen molar-refractivity contribution in [3.63, 3.8) is 0 Å². The first-order chi connectivity index (χ1) is 6.65. The van der Waals surface area contributed by atoms with E-state index in [1.165, 1.54) is 11.3 Å². The van der Waals surface area contributed by atoms with Gasteiger partial charge in [-0.05, 0) is 23.9 Å². The molecule has 0 unspecified atom stereocenters. The van der Waals surface area contributed by atoms with Crippen LogP contribution >= 0.6 is 11.3 Å². The van der Waals surface area contributed by atoms with E-state index in [0.29, 0.717) is 23.6 Å². The Balaban J connectivity index is 2.56. The van der Waals surface area contributed by atoms with Crippen LogP contribution in [-0.4, -0.2) is 38.1 Å². The highest BCUT2D eigenvalue weighted by Crippen LogP contribution is 2.15. The maximum absolute atomic E-state index is 11.7. The van der Waals surface area contributed by atoms with Crippen LogP contribution in [0.2, 0.25) is 0 Å². The minimum absolute atomic E-state index is 0.0104. The third kappa shape index (κ3) is 2.82. The Morgan fingerprint density at radius 3 is 2.93 bits per heavy atom. The van der Waals surface area contributed by atoms with Gasteiger partial charge in [-0.1, -0.05) is 0 Å². The van der Waals surface area contributed by atoms with E-state index in [2.05, 4.69) is 0 Å². The van der Waals surface area contributed by atoms with Crippen LogP contribution in [-0.2, 0) is 4.74 Å². The molecule has 0 N–H and O–H groups in total. The number of amides is 1. The van der Waals surface area contributed by atoms with E-state index in [0.717, 1.165) is 0 Å². The smallest absolute Gasteiger partial charge is 0.263 e. The third-order valence-corrected chi connectivity index (χ3v) is 2.74. The molecule has 1 aromatic rings. The summed E-state index contributed by atoms with van der Waals surface area (Å²) in [7, 11) is 3.36. The summed E-state index contributed by atoms with van der Waals surface area (Å²) >= 11 is 1.36. The number of nitrogens with zero attached hydrogens (tertiary/aromatic N) is 1. The van der Waals surface area contributed by atoms with Crippen LogP contribution in [0.1, 0.15) is 15.2 Å². The van der Waals surface area contributed by atoms with Crippen LogP contribution in [0.15, 0.2) is 11.4 Å². The molecule has 0 saturated heterocycles. The van der Waals surface area contributed by atoms with Crippen LogP contribution in [0, 0.1) is 6.92 Å². The maximum atomic E-state index is 11.7. The van der Waals surface area contributed by atoms with Crippen molar-refractivity contribution in [1.82, 2.24) is 4.90 Å². The van der Waals surface area contributed by atoms with E-state index in [-0.39, 0.29) is 5.91 Å². The van der Waals surface area contributed by atoms with Gasteiger partial charge in [-0.2, -0.15) is 0 Å². The van der Waals surface area contributed by atoms with Crippen LogP contribution in [0.5, 0.6) is 0 Å². The van der Waals surface area contributed by atoms with Gasteiger partial charge in [-0.3, -0.25) is 4.79 Å². The molecular weight excluding hydrogens is 198 g/mol. The summed E-state index contributed by atoms with van der Waals surface area (Å²) < 4.78 is 4.89. The molecule has 1 amide bonds. The lowest BCUT2D eigenvalue weighted by Crippen LogP contribution is -2.29. The summed E-state index contributed by atoms with van der Waals surface area (Å²) in [5.41, 5.74) is 0.637. The highest BCUT2D eigenvalue weighted by molar-refractivity contribution is 7.12. The maximum Gasteiger partial charge on any atom is 0.263 e. The van der Waals surface area contributed by atoms with Crippen molar-refractivity contribution in [2.75, 3.05) is 27.3 Å². The summed E-state index contributed by atoms with van der Waals surface area (Å²) in [5.74, 6) is -0.0104. The van der Waals surface area contributed by atoms with Crippen molar-refractivity contribution in [1.29, 1.82) is 0 Å². The zero-order valence-electron chi connectivity index (χ0n) is 8.32. The zero-order chi connectivity index (χ0) is 10.6. The summed E-state index contributed by atoms with van der Waals surface area (Å²) in [4.78, 5) is 14.0. The van der Waals surface area contributed by atoms with E-state index in [9.17, 15) is 4.79 Å². The van der Waals surface area contributed by atoms with E-state index >= 15 is 0 Å². The standard InChI is InChI=1S/C10H13NO2S/c1-8-6-9(14-7-8)10(12)11(2)4-5-13-3/h1,6-7H,4-5H2,2-3H3. The Bertz CT molecular complexity index is 309. The lowest BCUT2D eigenvalue weighted by atomic mass is 10.3. The van der Waals surface area contributed by atoms with Gasteiger partial charge in [0, 0.05) is 20.7 Å². The second kappa shape index (κ2) is 5.12. The molecule has 1 heterocycles. The topological polar surface area (TPSA) is 29.5 Å². The number of carbonyl (C=O) groups is 1. The van der Waals surface area contributed by atoms with Crippen molar-refractivity contribution in [3.05, 3.63) is 28.8 Å². The summed E-state index contributed by atoms with van der Waals surface area (Å²) in [5, 5.41) is 1.76. The van der Waals surface area contributed by atoms with Gasteiger partial charge in [0.2, 0.25) is 0 Å². The molecule has 0 aromatic carbocycles. The fourth-order valence-corrected chi connectivity index (χ4v) is 1.77. The number of likely N-dealkylation sites (N-methyl/N-ethyl adjacent to an activating group) is 1. The van der Waals surface area contributed by atoms with E-state index < -0.39 is 0 Å². The number of ether oxygens (including phenoxy) is 1. The predicted octanol–water partition coefficient (Wildman–Crippen LogP) is 1.53. The monoisotopic (exact) mass is 211 g/mol. The van der Waals surface area contributed by atoms with Gasteiger partial charge < -0.3 is 9.64 Å². The second-order valence-corrected chi connectivity index (χ2v) is 3.88. The van der Waals surface area contributed by atoms with Crippen molar-refractivity contribution in [2.45, 2.75) is 0 Å². The Morgan fingerprint density at radius 2 is 2.43 bits per heavy atom. The summed E-state index contributed by atoms with van der Waals surface area (Å²) in [6, 6.07) is 1.69. The van der Waals surface area contributed by atoms with Gasteiger partial charge >= 0.3 is 0 Å². The minimum atomic E-state index is -0.0104. The molecule has 0 spiro atoms. The van der Waals surface area contributed by atoms with Crippen LogP contribution in [0.4, 0.5) is 0 Å².